The summed E-state index contributed by atoms with van der Waals surface area (Å²) in [5.74, 6) is -0.750. The van der Waals surface area contributed by atoms with Gasteiger partial charge in [-0.25, -0.2) is 4.79 Å². The third-order valence-corrected chi connectivity index (χ3v) is 5.67. The number of carbonyl (C=O) groups is 3. The highest BCUT2D eigenvalue weighted by Crippen LogP contribution is 2.11. The van der Waals surface area contributed by atoms with Crippen molar-refractivity contribution in [2.24, 2.45) is 0 Å². The van der Waals surface area contributed by atoms with Crippen molar-refractivity contribution in [1.29, 1.82) is 0 Å². The lowest BCUT2D eigenvalue weighted by Crippen LogP contribution is -2.51. The molecular weight excluding hydrogens is 406 g/mol. The molecule has 3 rings (SSSR count). The first-order valence-electron chi connectivity index (χ1n) is 9.78. The maximum absolute atomic E-state index is 12.8. The lowest BCUT2D eigenvalue weighted by molar-refractivity contribution is -0.134. The first-order valence-corrected chi connectivity index (χ1v) is 10.7. The molecule has 2 aromatic rings. The summed E-state index contributed by atoms with van der Waals surface area (Å²) in [6, 6.07) is 11.8. The maximum Gasteiger partial charge on any atom is 0.410 e. The number of ether oxygens (including phenoxy) is 1. The predicted molar refractivity (Wildman–Crippen MR) is 112 cm³/mol. The predicted octanol–water partition coefficient (Wildman–Crippen LogP) is 1.71. The summed E-state index contributed by atoms with van der Waals surface area (Å²) < 4.78 is 5.37. The van der Waals surface area contributed by atoms with Gasteiger partial charge in [-0.15, -0.1) is 11.3 Å². The Labute approximate surface area is 179 Å². The summed E-state index contributed by atoms with van der Waals surface area (Å²) >= 11 is 1.26. The standard InChI is InChI=1S/C21H25N3O5S/c25-14-17(22-19(26)18-8-4-13-30-18)20(27)23-9-5-10-24(12-11-23)21(28)29-15-16-6-2-1-3-7-16/h1-4,6-8,13,17,25H,5,9-12,14-15H2,(H,22,26). The van der Waals surface area contributed by atoms with E-state index < -0.39 is 24.6 Å². The van der Waals surface area contributed by atoms with E-state index in [1.165, 1.54) is 11.3 Å². The van der Waals surface area contributed by atoms with E-state index in [-0.39, 0.29) is 12.5 Å². The Kier molecular flexibility index (Phi) is 7.81. The van der Waals surface area contributed by atoms with E-state index in [2.05, 4.69) is 5.32 Å². The van der Waals surface area contributed by atoms with Crippen LogP contribution in [0.5, 0.6) is 0 Å². The normalized spacial score (nSPS) is 15.2. The van der Waals surface area contributed by atoms with Crippen LogP contribution in [0.2, 0.25) is 0 Å². The summed E-state index contributed by atoms with van der Waals surface area (Å²) in [6.45, 7) is 1.26. The fourth-order valence-electron chi connectivity index (χ4n) is 3.17. The second kappa shape index (κ2) is 10.7. The highest BCUT2D eigenvalue weighted by molar-refractivity contribution is 7.12. The highest BCUT2D eigenvalue weighted by atomic mass is 32.1. The molecule has 0 bridgehead atoms. The van der Waals surface area contributed by atoms with Crippen LogP contribution in [0, 0.1) is 0 Å². The van der Waals surface area contributed by atoms with Gasteiger partial charge >= 0.3 is 6.09 Å². The van der Waals surface area contributed by atoms with Gasteiger partial charge in [0, 0.05) is 26.2 Å². The zero-order chi connectivity index (χ0) is 21.3. The van der Waals surface area contributed by atoms with Crippen LogP contribution < -0.4 is 5.32 Å². The van der Waals surface area contributed by atoms with E-state index in [0.29, 0.717) is 37.5 Å². The number of hydrogen-bond acceptors (Lipinski definition) is 6. The van der Waals surface area contributed by atoms with Gasteiger partial charge in [0.25, 0.3) is 5.91 Å². The summed E-state index contributed by atoms with van der Waals surface area (Å²) in [4.78, 5) is 41.0. The third-order valence-electron chi connectivity index (χ3n) is 4.80. The van der Waals surface area contributed by atoms with Crippen molar-refractivity contribution in [1.82, 2.24) is 15.1 Å². The number of benzene rings is 1. The minimum atomic E-state index is -1.02. The number of aliphatic hydroxyl groups excluding tert-OH is 1. The molecule has 1 saturated heterocycles. The molecule has 1 fully saturated rings. The Bertz CT molecular complexity index is 844. The highest BCUT2D eigenvalue weighted by Gasteiger charge is 2.29. The average Bonchev–Trinajstić information content (AvgIpc) is 3.21. The number of rotatable bonds is 6. The monoisotopic (exact) mass is 431 g/mol. The molecule has 2 heterocycles. The molecule has 30 heavy (non-hydrogen) atoms. The van der Waals surface area contributed by atoms with Gasteiger partial charge in [0.15, 0.2) is 0 Å². The van der Waals surface area contributed by atoms with Crippen LogP contribution >= 0.6 is 11.3 Å². The van der Waals surface area contributed by atoms with Crippen molar-refractivity contribution in [2.45, 2.75) is 19.1 Å². The molecular formula is C21H25N3O5S. The van der Waals surface area contributed by atoms with Crippen molar-refractivity contribution in [2.75, 3.05) is 32.8 Å². The maximum atomic E-state index is 12.8. The molecule has 9 heteroatoms. The van der Waals surface area contributed by atoms with Crippen LogP contribution in [0.25, 0.3) is 0 Å². The Morgan fingerprint density at radius 3 is 2.47 bits per heavy atom. The molecule has 3 amide bonds. The smallest absolute Gasteiger partial charge is 0.410 e. The second-order valence-electron chi connectivity index (χ2n) is 6.89. The van der Waals surface area contributed by atoms with Gasteiger partial charge in [-0.2, -0.15) is 0 Å². The largest absolute Gasteiger partial charge is 0.445 e. The number of aliphatic hydroxyl groups is 1. The van der Waals surface area contributed by atoms with Gasteiger partial charge in [-0.3, -0.25) is 9.59 Å². The molecule has 1 aliphatic heterocycles. The second-order valence-corrected chi connectivity index (χ2v) is 7.84. The van der Waals surface area contributed by atoms with E-state index in [0.717, 1.165) is 5.56 Å². The van der Waals surface area contributed by atoms with E-state index in [4.69, 9.17) is 4.74 Å². The van der Waals surface area contributed by atoms with E-state index >= 15 is 0 Å². The summed E-state index contributed by atoms with van der Waals surface area (Å²) in [7, 11) is 0. The number of nitrogens with one attached hydrogen (secondary N) is 1. The fourth-order valence-corrected chi connectivity index (χ4v) is 3.80. The SMILES string of the molecule is O=C(NC(CO)C(=O)N1CCCN(C(=O)OCc2ccccc2)CC1)c1cccs1. The molecule has 1 atom stereocenters. The Morgan fingerprint density at radius 2 is 1.77 bits per heavy atom. The van der Waals surface area contributed by atoms with Gasteiger partial charge in [0.05, 0.1) is 11.5 Å². The average molecular weight is 432 g/mol. The van der Waals surface area contributed by atoms with Crippen molar-refractivity contribution in [3.8, 4) is 0 Å². The zero-order valence-electron chi connectivity index (χ0n) is 16.5. The van der Waals surface area contributed by atoms with Gasteiger partial charge < -0.3 is 25.0 Å². The van der Waals surface area contributed by atoms with Crippen LogP contribution in [0.1, 0.15) is 21.7 Å². The lowest BCUT2D eigenvalue weighted by atomic mass is 10.2. The quantitative estimate of drug-likeness (QED) is 0.726. The molecule has 1 aliphatic rings. The van der Waals surface area contributed by atoms with Crippen LogP contribution in [-0.4, -0.2) is 71.6 Å². The molecule has 2 N–H and O–H groups in total. The zero-order valence-corrected chi connectivity index (χ0v) is 17.3. The minimum Gasteiger partial charge on any atom is -0.445 e. The third kappa shape index (κ3) is 5.80. The first kappa shape index (κ1) is 21.8. The van der Waals surface area contributed by atoms with Crippen molar-refractivity contribution < 1.29 is 24.2 Å². The molecule has 8 nitrogen and oxygen atoms in total. The fraction of sp³-hybridized carbons (Fsp3) is 0.381. The van der Waals surface area contributed by atoms with Gasteiger partial charge in [0.1, 0.15) is 12.6 Å². The summed E-state index contributed by atoms with van der Waals surface area (Å²) in [6.07, 6.45) is 0.168. The Hall–Kier alpha value is -2.91. The first-order chi connectivity index (χ1) is 14.6. The molecule has 0 radical (unpaired) electrons. The molecule has 1 aromatic heterocycles. The van der Waals surface area contributed by atoms with E-state index in [1.54, 1.807) is 27.3 Å². The van der Waals surface area contributed by atoms with E-state index in [9.17, 15) is 19.5 Å². The van der Waals surface area contributed by atoms with E-state index in [1.807, 2.05) is 30.3 Å². The van der Waals surface area contributed by atoms with Gasteiger partial charge in [-0.1, -0.05) is 36.4 Å². The molecule has 160 valence electrons. The van der Waals surface area contributed by atoms with Gasteiger partial charge in [-0.05, 0) is 23.4 Å². The topological polar surface area (TPSA) is 99.2 Å². The number of hydrogen-bond donors (Lipinski definition) is 2. The van der Waals surface area contributed by atoms with Crippen LogP contribution in [0.3, 0.4) is 0 Å². The summed E-state index contributed by atoms with van der Waals surface area (Å²) in [5, 5.41) is 14.0. The van der Waals surface area contributed by atoms with Crippen LogP contribution in [0.15, 0.2) is 47.8 Å². The molecule has 0 spiro atoms. The number of carbonyl (C=O) groups excluding carboxylic acids is 3. The molecule has 0 saturated carbocycles. The number of nitrogens with zero attached hydrogens (tertiary/aromatic N) is 2. The number of thiophene rings is 1. The number of amides is 3. The molecule has 0 aliphatic carbocycles. The summed E-state index contributed by atoms with van der Waals surface area (Å²) in [5.41, 5.74) is 0.907. The van der Waals surface area contributed by atoms with Crippen LogP contribution in [0.4, 0.5) is 4.79 Å². The minimum absolute atomic E-state index is 0.195. The lowest BCUT2D eigenvalue weighted by Gasteiger charge is -2.26. The molecule has 1 aromatic carbocycles. The van der Waals surface area contributed by atoms with Crippen molar-refractivity contribution in [3.05, 3.63) is 58.3 Å². The molecule has 1 unspecified atom stereocenters. The van der Waals surface area contributed by atoms with Crippen molar-refractivity contribution in [3.63, 3.8) is 0 Å². The Morgan fingerprint density at radius 1 is 1.03 bits per heavy atom. The van der Waals surface area contributed by atoms with Gasteiger partial charge in [0.2, 0.25) is 5.91 Å². The Balaban J connectivity index is 1.51. The van der Waals surface area contributed by atoms with Crippen LogP contribution in [-0.2, 0) is 16.1 Å². The van der Waals surface area contributed by atoms with Crippen molar-refractivity contribution >= 4 is 29.2 Å².